The quantitative estimate of drug-likeness (QED) is 0.864. The number of amides is 1. The van der Waals surface area contributed by atoms with Crippen molar-refractivity contribution in [3.05, 3.63) is 35.4 Å². The fourth-order valence-electron chi connectivity index (χ4n) is 1.92. The van der Waals surface area contributed by atoms with E-state index >= 15 is 0 Å². The number of carbonyl (C=O) groups excluding carboxylic acids is 1. The second kappa shape index (κ2) is 8.11. The van der Waals surface area contributed by atoms with Gasteiger partial charge in [-0.2, -0.15) is 0 Å². The smallest absolute Gasteiger partial charge is 0.221 e. The molecule has 0 aliphatic rings. The highest BCUT2D eigenvalue weighted by atomic mass is 35.5. The summed E-state index contributed by atoms with van der Waals surface area (Å²) in [6, 6.07) is 8.23. The number of nitrogens with two attached hydrogens (primary N) is 1. The molecule has 0 aliphatic carbocycles. The average Bonchev–Trinajstić information content (AvgIpc) is 2.27. The minimum Gasteiger partial charge on any atom is -0.349 e. The summed E-state index contributed by atoms with van der Waals surface area (Å²) in [6.07, 6.45) is 0.384. The predicted octanol–water partition coefficient (Wildman–Crippen LogP) is 2.58. The zero-order valence-electron chi connectivity index (χ0n) is 11.3. The molecule has 1 rings (SSSR count). The number of hydrogen-bond donors (Lipinski definition) is 2. The van der Waals surface area contributed by atoms with Gasteiger partial charge in [-0.15, -0.1) is 12.4 Å². The summed E-state index contributed by atoms with van der Waals surface area (Å²) < 4.78 is 0. The van der Waals surface area contributed by atoms with Crippen molar-refractivity contribution in [2.75, 3.05) is 6.54 Å². The summed E-state index contributed by atoms with van der Waals surface area (Å²) in [5.41, 5.74) is 7.78. The van der Waals surface area contributed by atoms with Crippen molar-refractivity contribution in [3.8, 4) is 0 Å². The molecule has 4 heteroatoms. The SMILES string of the molecule is Cc1ccccc1C(NC(=O)CCN)C(C)C.Cl. The third kappa shape index (κ3) is 4.67. The molecule has 0 heterocycles. The van der Waals surface area contributed by atoms with E-state index in [-0.39, 0.29) is 24.4 Å². The van der Waals surface area contributed by atoms with Crippen LogP contribution in [0.4, 0.5) is 0 Å². The van der Waals surface area contributed by atoms with Crippen molar-refractivity contribution >= 4 is 18.3 Å². The van der Waals surface area contributed by atoms with Gasteiger partial charge in [-0.1, -0.05) is 38.1 Å². The third-order valence-electron chi connectivity index (χ3n) is 2.88. The summed E-state index contributed by atoms with van der Waals surface area (Å²) in [5, 5.41) is 3.06. The molecule has 0 aromatic heterocycles. The fourth-order valence-corrected chi connectivity index (χ4v) is 1.92. The lowest BCUT2D eigenvalue weighted by molar-refractivity contribution is -0.122. The number of hydrogen-bond acceptors (Lipinski definition) is 2. The highest BCUT2D eigenvalue weighted by Crippen LogP contribution is 2.24. The second-order valence-electron chi connectivity index (χ2n) is 4.68. The van der Waals surface area contributed by atoms with Crippen molar-refractivity contribution in [3.63, 3.8) is 0 Å². The summed E-state index contributed by atoms with van der Waals surface area (Å²) >= 11 is 0. The van der Waals surface area contributed by atoms with E-state index in [1.807, 2.05) is 12.1 Å². The van der Waals surface area contributed by atoms with E-state index in [1.165, 1.54) is 11.1 Å². The Morgan fingerprint density at radius 2 is 1.94 bits per heavy atom. The van der Waals surface area contributed by atoms with E-state index in [0.29, 0.717) is 18.9 Å². The predicted molar refractivity (Wildman–Crippen MR) is 77.8 cm³/mol. The zero-order valence-corrected chi connectivity index (χ0v) is 12.1. The van der Waals surface area contributed by atoms with Crippen LogP contribution in [-0.2, 0) is 4.79 Å². The maximum absolute atomic E-state index is 11.7. The summed E-state index contributed by atoms with van der Waals surface area (Å²) in [4.78, 5) is 11.7. The minimum absolute atomic E-state index is 0. The number of nitrogens with one attached hydrogen (secondary N) is 1. The average molecular weight is 271 g/mol. The van der Waals surface area contributed by atoms with Crippen molar-refractivity contribution in [1.82, 2.24) is 5.32 Å². The summed E-state index contributed by atoms with van der Waals surface area (Å²) in [5.74, 6) is 0.382. The Morgan fingerprint density at radius 3 is 2.44 bits per heavy atom. The van der Waals surface area contributed by atoms with Gasteiger partial charge in [0.1, 0.15) is 0 Å². The molecule has 0 saturated heterocycles. The van der Waals surface area contributed by atoms with Gasteiger partial charge in [0.25, 0.3) is 0 Å². The van der Waals surface area contributed by atoms with Crippen LogP contribution in [0.5, 0.6) is 0 Å². The molecule has 1 amide bonds. The molecule has 1 aromatic rings. The molecule has 0 aliphatic heterocycles. The van der Waals surface area contributed by atoms with Crippen molar-refractivity contribution in [2.24, 2.45) is 11.7 Å². The zero-order chi connectivity index (χ0) is 12.8. The monoisotopic (exact) mass is 270 g/mol. The Balaban J connectivity index is 0.00000289. The largest absolute Gasteiger partial charge is 0.349 e. The second-order valence-corrected chi connectivity index (χ2v) is 4.68. The van der Waals surface area contributed by atoms with E-state index in [0.717, 1.165) is 0 Å². The number of aryl methyl sites for hydroxylation is 1. The Labute approximate surface area is 116 Å². The first-order valence-electron chi connectivity index (χ1n) is 6.11. The molecule has 1 aromatic carbocycles. The van der Waals surface area contributed by atoms with Crippen molar-refractivity contribution < 1.29 is 4.79 Å². The van der Waals surface area contributed by atoms with E-state index in [1.54, 1.807) is 0 Å². The van der Waals surface area contributed by atoms with Crippen LogP contribution in [-0.4, -0.2) is 12.5 Å². The van der Waals surface area contributed by atoms with Gasteiger partial charge in [0.05, 0.1) is 6.04 Å². The van der Waals surface area contributed by atoms with Crippen LogP contribution in [0, 0.1) is 12.8 Å². The molecular formula is C14H23ClN2O. The summed E-state index contributed by atoms with van der Waals surface area (Å²) in [6.45, 7) is 6.68. The first kappa shape index (κ1) is 16.9. The van der Waals surface area contributed by atoms with Crippen LogP contribution in [0.1, 0.15) is 37.4 Å². The first-order chi connectivity index (χ1) is 8.06. The van der Waals surface area contributed by atoms with Gasteiger partial charge in [-0.3, -0.25) is 4.79 Å². The molecule has 0 spiro atoms. The number of rotatable bonds is 5. The van der Waals surface area contributed by atoms with Crippen LogP contribution < -0.4 is 11.1 Å². The Bertz CT molecular complexity index is 380. The van der Waals surface area contributed by atoms with Crippen LogP contribution in [0.25, 0.3) is 0 Å². The van der Waals surface area contributed by atoms with Crippen LogP contribution in [0.3, 0.4) is 0 Å². The molecule has 1 atom stereocenters. The maximum atomic E-state index is 11.7. The van der Waals surface area contributed by atoms with E-state index in [9.17, 15) is 4.79 Å². The Hall–Kier alpha value is -1.06. The summed E-state index contributed by atoms with van der Waals surface area (Å²) in [7, 11) is 0. The van der Waals surface area contributed by atoms with Crippen molar-refractivity contribution in [1.29, 1.82) is 0 Å². The van der Waals surface area contributed by atoms with E-state index in [4.69, 9.17) is 5.73 Å². The lowest BCUT2D eigenvalue weighted by Gasteiger charge is -2.24. The normalized spacial score (nSPS) is 11.8. The third-order valence-corrected chi connectivity index (χ3v) is 2.88. The lowest BCUT2D eigenvalue weighted by atomic mass is 9.92. The van der Waals surface area contributed by atoms with Gasteiger partial charge in [0, 0.05) is 13.0 Å². The van der Waals surface area contributed by atoms with Crippen LogP contribution in [0.2, 0.25) is 0 Å². The van der Waals surface area contributed by atoms with Crippen LogP contribution >= 0.6 is 12.4 Å². The topological polar surface area (TPSA) is 55.1 Å². The lowest BCUT2D eigenvalue weighted by Crippen LogP contribution is -2.33. The van der Waals surface area contributed by atoms with Gasteiger partial charge in [-0.05, 0) is 24.0 Å². The number of halogens is 1. The van der Waals surface area contributed by atoms with Crippen LogP contribution in [0.15, 0.2) is 24.3 Å². The van der Waals surface area contributed by atoms with Gasteiger partial charge in [0.2, 0.25) is 5.91 Å². The fraction of sp³-hybridized carbons (Fsp3) is 0.500. The Kier molecular flexibility index (Phi) is 7.64. The van der Waals surface area contributed by atoms with Crippen molar-refractivity contribution in [2.45, 2.75) is 33.2 Å². The van der Waals surface area contributed by atoms with Gasteiger partial charge >= 0.3 is 0 Å². The first-order valence-corrected chi connectivity index (χ1v) is 6.11. The molecule has 18 heavy (non-hydrogen) atoms. The van der Waals surface area contributed by atoms with Gasteiger partial charge in [0.15, 0.2) is 0 Å². The minimum atomic E-state index is 0. The standard InChI is InChI=1S/C14H22N2O.ClH/c1-10(2)14(16-13(17)8-9-15)12-7-5-4-6-11(12)3;/h4-7,10,14H,8-9,15H2,1-3H3,(H,16,17);1H. The number of benzene rings is 1. The van der Waals surface area contributed by atoms with E-state index in [2.05, 4.69) is 38.2 Å². The molecule has 3 nitrogen and oxygen atoms in total. The molecule has 102 valence electrons. The molecule has 0 radical (unpaired) electrons. The molecule has 0 fully saturated rings. The highest BCUT2D eigenvalue weighted by molar-refractivity contribution is 5.85. The Morgan fingerprint density at radius 1 is 1.33 bits per heavy atom. The molecule has 3 N–H and O–H groups in total. The van der Waals surface area contributed by atoms with E-state index < -0.39 is 0 Å². The molecule has 0 bridgehead atoms. The van der Waals surface area contributed by atoms with Gasteiger partial charge in [-0.25, -0.2) is 0 Å². The number of carbonyl (C=O) groups is 1. The molecule has 1 unspecified atom stereocenters. The molecular weight excluding hydrogens is 248 g/mol. The van der Waals surface area contributed by atoms with Gasteiger partial charge < -0.3 is 11.1 Å². The molecule has 0 saturated carbocycles. The maximum Gasteiger partial charge on any atom is 0.221 e. The highest BCUT2D eigenvalue weighted by Gasteiger charge is 2.19.